The summed E-state index contributed by atoms with van der Waals surface area (Å²) in [6.07, 6.45) is 7.30. The van der Waals surface area contributed by atoms with Crippen molar-refractivity contribution in [2.45, 2.75) is 44.4 Å². The van der Waals surface area contributed by atoms with Crippen LogP contribution in [0, 0.1) is 10.1 Å². The van der Waals surface area contributed by atoms with Gasteiger partial charge in [0, 0.05) is 49.8 Å². The molecule has 1 atom stereocenters. The summed E-state index contributed by atoms with van der Waals surface area (Å²) in [4.78, 5) is 30.2. The molecule has 2 aromatic rings. The van der Waals surface area contributed by atoms with Crippen molar-refractivity contribution < 1.29 is 14.5 Å². The zero-order valence-electron chi connectivity index (χ0n) is 16.1. The molecule has 4 rings (SSSR count). The predicted molar refractivity (Wildman–Crippen MR) is 108 cm³/mol. The maximum absolute atomic E-state index is 13.3. The van der Waals surface area contributed by atoms with Crippen LogP contribution in [-0.2, 0) is 11.3 Å². The molecular weight excluding hydrogens is 372 g/mol. The van der Waals surface area contributed by atoms with E-state index in [0.717, 1.165) is 31.2 Å². The summed E-state index contributed by atoms with van der Waals surface area (Å²) >= 11 is 0. The van der Waals surface area contributed by atoms with E-state index < -0.39 is 4.92 Å². The first-order chi connectivity index (χ1) is 14.1. The molecule has 1 saturated carbocycles. The van der Waals surface area contributed by atoms with E-state index in [-0.39, 0.29) is 23.7 Å². The summed E-state index contributed by atoms with van der Waals surface area (Å²) in [7, 11) is 0. The van der Waals surface area contributed by atoms with E-state index in [4.69, 9.17) is 4.74 Å². The van der Waals surface area contributed by atoms with Gasteiger partial charge in [-0.3, -0.25) is 19.9 Å². The second kappa shape index (κ2) is 8.57. The molecule has 1 aliphatic heterocycles. The number of carbonyl (C=O) groups is 1. The molecule has 1 aromatic carbocycles. The molecule has 0 bridgehead atoms. The molecule has 2 aliphatic rings. The lowest BCUT2D eigenvalue weighted by Gasteiger charge is -2.25. The Morgan fingerprint density at radius 2 is 2.17 bits per heavy atom. The molecular formula is C21H24N4O4. The van der Waals surface area contributed by atoms with Crippen LogP contribution in [0.15, 0.2) is 42.7 Å². The topological polar surface area (TPSA) is 97.6 Å². The van der Waals surface area contributed by atoms with E-state index in [1.165, 1.54) is 6.07 Å². The minimum Gasteiger partial charge on any atom is -0.377 e. The number of hydrogen-bond donors (Lipinski definition) is 1. The van der Waals surface area contributed by atoms with E-state index in [1.807, 2.05) is 12.1 Å². The Balaban J connectivity index is 1.58. The third-order valence-corrected chi connectivity index (χ3v) is 5.21. The summed E-state index contributed by atoms with van der Waals surface area (Å²) in [5.74, 6) is -0.245. The monoisotopic (exact) mass is 396 g/mol. The highest BCUT2D eigenvalue weighted by molar-refractivity contribution is 5.95. The highest BCUT2D eigenvalue weighted by atomic mass is 16.6. The number of anilines is 1. The Morgan fingerprint density at radius 3 is 2.83 bits per heavy atom. The molecule has 8 nitrogen and oxygen atoms in total. The summed E-state index contributed by atoms with van der Waals surface area (Å²) in [6, 6.07) is 8.70. The van der Waals surface area contributed by atoms with E-state index in [2.05, 4.69) is 10.3 Å². The number of nitrogens with one attached hydrogen (secondary N) is 1. The summed E-state index contributed by atoms with van der Waals surface area (Å²) in [6.45, 7) is 1.53. The van der Waals surface area contributed by atoms with Crippen LogP contribution in [0.2, 0.25) is 0 Å². The molecule has 2 fully saturated rings. The average Bonchev–Trinajstić information content (AvgIpc) is 3.40. The second-order valence-corrected chi connectivity index (χ2v) is 7.59. The van der Waals surface area contributed by atoms with Gasteiger partial charge in [0.2, 0.25) is 0 Å². The predicted octanol–water partition coefficient (Wildman–Crippen LogP) is 3.39. The third-order valence-electron chi connectivity index (χ3n) is 5.21. The van der Waals surface area contributed by atoms with Gasteiger partial charge in [0.15, 0.2) is 0 Å². The van der Waals surface area contributed by atoms with Gasteiger partial charge in [0.25, 0.3) is 11.6 Å². The molecule has 1 aliphatic carbocycles. The molecule has 152 valence electrons. The second-order valence-electron chi connectivity index (χ2n) is 7.59. The van der Waals surface area contributed by atoms with Crippen LogP contribution in [0.25, 0.3) is 0 Å². The highest BCUT2D eigenvalue weighted by Crippen LogP contribution is 2.32. The maximum atomic E-state index is 13.3. The van der Waals surface area contributed by atoms with E-state index in [1.54, 1.807) is 29.4 Å². The molecule has 0 spiro atoms. The number of hydrogen-bond acceptors (Lipinski definition) is 6. The molecule has 1 N–H and O–H groups in total. The zero-order chi connectivity index (χ0) is 20.2. The number of benzene rings is 1. The fourth-order valence-electron chi connectivity index (χ4n) is 3.53. The first-order valence-electron chi connectivity index (χ1n) is 9.95. The number of rotatable bonds is 8. The van der Waals surface area contributed by atoms with E-state index in [0.29, 0.717) is 30.9 Å². The van der Waals surface area contributed by atoms with Crippen LogP contribution in [0.1, 0.15) is 41.6 Å². The van der Waals surface area contributed by atoms with Gasteiger partial charge in [0.05, 0.1) is 11.0 Å². The fourth-order valence-corrected chi connectivity index (χ4v) is 3.53. The fraction of sp³-hybridized carbons (Fsp3) is 0.429. The Kier molecular flexibility index (Phi) is 5.71. The highest BCUT2D eigenvalue weighted by Gasteiger charge is 2.28. The Bertz CT molecular complexity index is 880. The van der Waals surface area contributed by atoms with Crippen molar-refractivity contribution >= 4 is 17.3 Å². The first kappa shape index (κ1) is 19.3. The Morgan fingerprint density at radius 1 is 1.31 bits per heavy atom. The minimum atomic E-state index is -0.437. The number of ether oxygens (including phenoxy) is 1. The molecule has 8 heteroatoms. The van der Waals surface area contributed by atoms with Crippen molar-refractivity contribution in [3.05, 3.63) is 64.0 Å². The van der Waals surface area contributed by atoms with Gasteiger partial charge in [-0.05, 0) is 49.4 Å². The number of nitro groups is 1. The summed E-state index contributed by atoms with van der Waals surface area (Å²) in [5.41, 5.74) is 1.61. The summed E-state index contributed by atoms with van der Waals surface area (Å²) in [5, 5.41) is 14.7. The number of aromatic nitrogens is 1. The summed E-state index contributed by atoms with van der Waals surface area (Å²) < 4.78 is 5.71. The number of amides is 1. The standard InChI is InChI=1S/C21H24N4O4/c26-21(16-5-8-19(23-17-6-7-17)20(11-16)25(27)28)24(14-18-4-2-10-29-18)13-15-3-1-9-22-12-15/h1,3,5,8-9,11-12,17-18,23H,2,4,6-7,10,13-14H2. The van der Waals surface area contributed by atoms with Gasteiger partial charge in [-0.2, -0.15) is 0 Å². The maximum Gasteiger partial charge on any atom is 0.293 e. The number of pyridine rings is 1. The number of nitro benzene ring substituents is 1. The van der Waals surface area contributed by atoms with Crippen molar-refractivity contribution in [3.8, 4) is 0 Å². The smallest absolute Gasteiger partial charge is 0.293 e. The van der Waals surface area contributed by atoms with Crippen molar-refractivity contribution in [2.24, 2.45) is 0 Å². The first-order valence-corrected chi connectivity index (χ1v) is 9.95. The van der Waals surface area contributed by atoms with Gasteiger partial charge in [0.1, 0.15) is 5.69 Å². The van der Waals surface area contributed by atoms with Crippen LogP contribution in [0.3, 0.4) is 0 Å². The van der Waals surface area contributed by atoms with Crippen LogP contribution in [0.5, 0.6) is 0 Å². The molecule has 1 saturated heterocycles. The molecule has 0 radical (unpaired) electrons. The lowest BCUT2D eigenvalue weighted by atomic mass is 10.1. The molecule has 2 heterocycles. The third kappa shape index (κ3) is 4.89. The number of nitrogens with zero attached hydrogens (tertiary/aromatic N) is 3. The lowest BCUT2D eigenvalue weighted by Crippen LogP contribution is -2.37. The molecule has 1 aromatic heterocycles. The lowest BCUT2D eigenvalue weighted by molar-refractivity contribution is -0.384. The van der Waals surface area contributed by atoms with Crippen LogP contribution >= 0.6 is 0 Å². The molecule has 1 amide bonds. The Hall–Kier alpha value is -3.00. The molecule has 29 heavy (non-hydrogen) atoms. The van der Waals surface area contributed by atoms with Gasteiger partial charge in [-0.1, -0.05) is 6.07 Å². The quantitative estimate of drug-likeness (QED) is 0.543. The van der Waals surface area contributed by atoms with Gasteiger partial charge in [-0.15, -0.1) is 0 Å². The minimum absolute atomic E-state index is 0.0126. The Labute approximate surface area is 169 Å². The van der Waals surface area contributed by atoms with Crippen LogP contribution in [-0.4, -0.2) is 46.0 Å². The number of carbonyl (C=O) groups excluding carboxylic acids is 1. The van der Waals surface area contributed by atoms with Gasteiger partial charge >= 0.3 is 0 Å². The van der Waals surface area contributed by atoms with Crippen LogP contribution < -0.4 is 5.32 Å². The van der Waals surface area contributed by atoms with Crippen molar-refractivity contribution in [3.63, 3.8) is 0 Å². The van der Waals surface area contributed by atoms with Gasteiger partial charge in [-0.25, -0.2) is 0 Å². The SMILES string of the molecule is O=C(c1ccc(NC2CC2)c([N+](=O)[O-])c1)N(Cc1cccnc1)CC1CCCO1. The van der Waals surface area contributed by atoms with Crippen molar-refractivity contribution in [1.82, 2.24) is 9.88 Å². The largest absolute Gasteiger partial charge is 0.377 e. The van der Waals surface area contributed by atoms with E-state index in [9.17, 15) is 14.9 Å². The van der Waals surface area contributed by atoms with Crippen molar-refractivity contribution in [1.29, 1.82) is 0 Å². The normalized spacial score (nSPS) is 18.4. The zero-order valence-corrected chi connectivity index (χ0v) is 16.1. The van der Waals surface area contributed by atoms with E-state index >= 15 is 0 Å². The van der Waals surface area contributed by atoms with Gasteiger partial charge < -0.3 is 15.0 Å². The van der Waals surface area contributed by atoms with Crippen LogP contribution in [0.4, 0.5) is 11.4 Å². The van der Waals surface area contributed by atoms with Crippen molar-refractivity contribution in [2.75, 3.05) is 18.5 Å². The molecule has 1 unspecified atom stereocenters. The average molecular weight is 396 g/mol.